The Morgan fingerprint density at radius 3 is 2.58 bits per heavy atom. The molecular formula is C20H20ClNO4. The van der Waals surface area contributed by atoms with E-state index in [0.29, 0.717) is 17.3 Å². The molecule has 136 valence electrons. The lowest BCUT2D eigenvalue weighted by atomic mass is 10.2. The summed E-state index contributed by atoms with van der Waals surface area (Å²) in [5, 5.41) is 3.21. The molecule has 0 aliphatic heterocycles. The lowest BCUT2D eigenvalue weighted by molar-refractivity contribution is -0.142. The van der Waals surface area contributed by atoms with Crippen LogP contribution in [0.5, 0.6) is 5.75 Å². The summed E-state index contributed by atoms with van der Waals surface area (Å²) in [5.74, 6) is -0.268. The zero-order valence-corrected chi connectivity index (χ0v) is 15.4. The van der Waals surface area contributed by atoms with Crippen molar-refractivity contribution in [1.29, 1.82) is 0 Å². The topological polar surface area (TPSA) is 64.6 Å². The number of hydrogen-bond donors (Lipinski definition) is 1. The maximum Gasteiger partial charge on any atom is 0.331 e. The number of hydrogen-bond acceptors (Lipinski definition) is 4. The number of amides is 1. The number of nitrogens with one attached hydrogen (secondary N) is 1. The number of anilines is 1. The van der Waals surface area contributed by atoms with Crippen LogP contribution >= 0.6 is 11.6 Å². The first-order valence-electron chi connectivity index (χ1n) is 8.12. The maximum absolute atomic E-state index is 11.9. The van der Waals surface area contributed by atoms with Gasteiger partial charge < -0.3 is 14.8 Å². The van der Waals surface area contributed by atoms with Gasteiger partial charge in [0.25, 0.3) is 5.91 Å². The van der Waals surface area contributed by atoms with Gasteiger partial charge in [-0.3, -0.25) is 4.79 Å². The highest BCUT2D eigenvalue weighted by molar-refractivity contribution is 6.31. The maximum atomic E-state index is 11.9. The highest BCUT2D eigenvalue weighted by atomic mass is 35.5. The summed E-state index contributed by atoms with van der Waals surface area (Å²) in [5.41, 5.74) is 2.16. The van der Waals surface area contributed by atoms with Gasteiger partial charge in [-0.25, -0.2) is 4.79 Å². The van der Waals surface area contributed by atoms with E-state index in [0.717, 1.165) is 16.9 Å². The molecule has 2 aromatic rings. The molecule has 0 heterocycles. The fourth-order valence-electron chi connectivity index (χ4n) is 2.12. The first-order chi connectivity index (χ1) is 12.5. The summed E-state index contributed by atoms with van der Waals surface area (Å²) < 4.78 is 10.3. The molecular weight excluding hydrogens is 354 g/mol. The second-order valence-corrected chi connectivity index (χ2v) is 5.81. The van der Waals surface area contributed by atoms with E-state index in [2.05, 4.69) is 5.32 Å². The zero-order chi connectivity index (χ0) is 18.9. The number of ether oxygens (including phenoxy) is 2. The fraction of sp³-hybridized carbons (Fsp3) is 0.200. The third-order valence-electron chi connectivity index (χ3n) is 3.49. The number of halogens is 1. The molecule has 26 heavy (non-hydrogen) atoms. The van der Waals surface area contributed by atoms with Crippen molar-refractivity contribution in [1.82, 2.24) is 0 Å². The smallest absolute Gasteiger partial charge is 0.331 e. The Balaban J connectivity index is 1.82. The predicted octanol–water partition coefficient (Wildman–Crippen LogP) is 4.24. The lowest BCUT2D eigenvalue weighted by Crippen LogP contribution is -2.20. The van der Waals surface area contributed by atoms with Gasteiger partial charge >= 0.3 is 5.97 Å². The molecule has 0 bridgehead atoms. The molecule has 5 nitrogen and oxygen atoms in total. The van der Waals surface area contributed by atoms with Crippen LogP contribution in [0.15, 0.2) is 48.5 Å². The molecule has 0 fully saturated rings. The molecule has 1 N–H and O–H groups in total. The van der Waals surface area contributed by atoms with Crippen LogP contribution < -0.4 is 10.1 Å². The van der Waals surface area contributed by atoms with Crippen LogP contribution in [-0.4, -0.2) is 25.1 Å². The van der Waals surface area contributed by atoms with Crippen LogP contribution in [0.25, 0.3) is 6.08 Å². The van der Waals surface area contributed by atoms with Crippen LogP contribution in [0.3, 0.4) is 0 Å². The summed E-state index contributed by atoms with van der Waals surface area (Å²) in [7, 11) is 0. The number of carbonyl (C=O) groups excluding carboxylic acids is 2. The van der Waals surface area contributed by atoms with Gasteiger partial charge in [-0.05, 0) is 55.3 Å². The molecule has 2 rings (SSSR count). The molecule has 0 unspecified atom stereocenters. The Morgan fingerprint density at radius 2 is 1.88 bits per heavy atom. The zero-order valence-electron chi connectivity index (χ0n) is 14.6. The number of rotatable bonds is 7. The van der Waals surface area contributed by atoms with Crippen molar-refractivity contribution >= 4 is 35.2 Å². The molecule has 0 atom stereocenters. The van der Waals surface area contributed by atoms with Crippen molar-refractivity contribution < 1.29 is 19.1 Å². The monoisotopic (exact) mass is 373 g/mol. The Bertz CT molecular complexity index is 800. The van der Waals surface area contributed by atoms with Gasteiger partial charge in [0.2, 0.25) is 0 Å². The Kier molecular flexibility index (Phi) is 7.24. The van der Waals surface area contributed by atoms with Crippen LogP contribution in [0.1, 0.15) is 18.1 Å². The summed E-state index contributed by atoms with van der Waals surface area (Å²) >= 11 is 6.00. The molecule has 0 radical (unpaired) electrons. The molecule has 0 aliphatic carbocycles. The van der Waals surface area contributed by atoms with E-state index in [9.17, 15) is 9.59 Å². The SMILES string of the molecule is CCOc1ccc(/C=C/C(=O)OCC(=O)Nc2cccc(Cl)c2C)cc1. The third kappa shape index (κ3) is 5.93. The molecule has 1 amide bonds. The second kappa shape index (κ2) is 9.63. The highest BCUT2D eigenvalue weighted by Crippen LogP contribution is 2.22. The van der Waals surface area contributed by atoms with Gasteiger partial charge in [-0.15, -0.1) is 0 Å². The van der Waals surface area contributed by atoms with E-state index in [1.165, 1.54) is 6.08 Å². The van der Waals surface area contributed by atoms with E-state index in [1.54, 1.807) is 31.2 Å². The van der Waals surface area contributed by atoms with Gasteiger partial charge in [-0.1, -0.05) is 29.8 Å². The normalized spacial score (nSPS) is 10.6. The van der Waals surface area contributed by atoms with Crippen molar-refractivity contribution in [2.24, 2.45) is 0 Å². The van der Waals surface area contributed by atoms with Crippen molar-refractivity contribution in [3.63, 3.8) is 0 Å². The summed E-state index contributed by atoms with van der Waals surface area (Å²) in [6.45, 7) is 3.92. The van der Waals surface area contributed by atoms with Crippen LogP contribution in [0, 0.1) is 6.92 Å². The Hall–Kier alpha value is -2.79. The quantitative estimate of drug-likeness (QED) is 0.582. The molecule has 0 spiro atoms. The van der Waals surface area contributed by atoms with E-state index in [1.807, 2.05) is 31.2 Å². The van der Waals surface area contributed by atoms with Gasteiger partial charge in [0, 0.05) is 16.8 Å². The number of esters is 1. The third-order valence-corrected chi connectivity index (χ3v) is 3.90. The average Bonchev–Trinajstić information content (AvgIpc) is 2.63. The minimum Gasteiger partial charge on any atom is -0.494 e. The van der Waals surface area contributed by atoms with Crippen LogP contribution in [0.2, 0.25) is 5.02 Å². The number of carbonyl (C=O) groups is 2. The lowest BCUT2D eigenvalue weighted by Gasteiger charge is -2.09. The summed E-state index contributed by atoms with van der Waals surface area (Å²) in [6, 6.07) is 12.5. The van der Waals surface area contributed by atoms with Crippen LogP contribution in [0.4, 0.5) is 5.69 Å². The van der Waals surface area contributed by atoms with Crippen LogP contribution in [-0.2, 0) is 14.3 Å². The van der Waals surface area contributed by atoms with E-state index in [-0.39, 0.29) is 6.61 Å². The second-order valence-electron chi connectivity index (χ2n) is 5.40. The minimum absolute atomic E-state index is 0.377. The molecule has 0 saturated carbocycles. The van der Waals surface area contributed by atoms with Crippen molar-refractivity contribution in [3.8, 4) is 5.75 Å². The minimum atomic E-state index is -0.600. The molecule has 0 aromatic heterocycles. The van der Waals surface area contributed by atoms with Gasteiger partial charge in [0.05, 0.1) is 6.61 Å². The highest BCUT2D eigenvalue weighted by Gasteiger charge is 2.08. The average molecular weight is 374 g/mol. The first-order valence-corrected chi connectivity index (χ1v) is 8.50. The Morgan fingerprint density at radius 1 is 1.15 bits per heavy atom. The van der Waals surface area contributed by atoms with Gasteiger partial charge in [0.15, 0.2) is 6.61 Å². The summed E-state index contributed by atoms with van der Waals surface area (Å²) in [6.07, 6.45) is 2.88. The fourth-order valence-corrected chi connectivity index (χ4v) is 2.29. The van der Waals surface area contributed by atoms with E-state index < -0.39 is 11.9 Å². The summed E-state index contributed by atoms with van der Waals surface area (Å²) in [4.78, 5) is 23.6. The Labute approximate surface area is 157 Å². The molecule has 0 saturated heterocycles. The van der Waals surface area contributed by atoms with Crippen molar-refractivity contribution in [3.05, 3.63) is 64.7 Å². The van der Waals surface area contributed by atoms with Crippen molar-refractivity contribution in [2.45, 2.75) is 13.8 Å². The number of benzene rings is 2. The molecule has 6 heteroatoms. The predicted molar refractivity (Wildman–Crippen MR) is 102 cm³/mol. The first kappa shape index (κ1) is 19.5. The molecule has 0 aliphatic rings. The standard InChI is InChI=1S/C20H20ClNO4/c1-3-25-16-10-7-15(8-11-16)9-12-20(24)26-13-19(23)22-18-6-4-5-17(21)14(18)2/h4-12H,3,13H2,1-2H3,(H,22,23)/b12-9+. The largest absolute Gasteiger partial charge is 0.494 e. The van der Waals surface area contributed by atoms with Crippen molar-refractivity contribution in [2.75, 3.05) is 18.5 Å². The molecule has 2 aromatic carbocycles. The van der Waals surface area contributed by atoms with Gasteiger partial charge in [-0.2, -0.15) is 0 Å². The van der Waals surface area contributed by atoms with Gasteiger partial charge in [0.1, 0.15) is 5.75 Å². The van der Waals surface area contributed by atoms with E-state index >= 15 is 0 Å². The van der Waals surface area contributed by atoms with E-state index in [4.69, 9.17) is 21.1 Å².